The molecule has 3 heterocycles. The summed E-state index contributed by atoms with van der Waals surface area (Å²) < 4.78 is 1.97. The van der Waals surface area contributed by atoms with Crippen molar-refractivity contribution < 1.29 is 0 Å². The maximum absolute atomic E-state index is 4.43. The number of aromatic nitrogens is 4. The van der Waals surface area contributed by atoms with Gasteiger partial charge in [0.15, 0.2) is 0 Å². The van der Waals surface area contributed by atoms with E-state index in [2.05, 4.69) is 33.4 Å². The molecule has 2 aromatic rings. The van der Waals surface area contributed by atoms with E-state index in [9.17, 15) is 0 Å². The highest BCUT2D eigenvalue weighted by Gasteiger charge is 2.15. The Balaban J connectivity index is 1.78. The lowest BCUT2D eigenvalue weighted by molar-refractivity contribution is 0.373. The van der Waals surface area contributed by atoms with Crippen LogP contribution in [0.25, 0.3) is 11.4 Å². The van der Waals surface area contributed by atoms with Crippen LogP contribution in [0.15, 0.2) is 24.7 Å². The molecule has 0 bridgehead atoms. The molecule has 106 valence electrons. The fraction of sp³-hybridized carbons (Fsp3) is 0.533. The Morgan fingerprint density at radius 3 is 3.15 bits per heavy atom. The molecule has 0 amide bonds. The molecular formula is C15H21N5. The SMILES string of the molecule is CCn1nccc1-c1cc(C[C@H]2CCCNC2)ncn1. The van der Waals surface area contributed by atoms with Crippen LogP contribution in [0.3, 0.4) is 0 Å². The number of nitrogens with one attached hydrogen (secondary N) is 1. The zero-order chi connectivity index (χ0) is 13.8. The van der Waals surface area contributed by atoms with Crippen molar-refractivity contribution in [2.75, 3.05) is 13.1 Å². The van der Waals surface area contributed by atoms with Crippen molar-refractivity contribution in [1.82, 2.24) is 25.1 Å². The van der Waals surface area contributed by atoms with Crippen molar-refractivity contribution >= 4 is 0 Å². The van der Waals surface area contributed by atoms with Gasteiger partial charge >= 0.3 is 0 Å². The molecule has 1 fully saturated rings. The fourth-order valence-electron chi connectivity index (χ4n) is 2.85. The van der Waals surface area contributed by atoms with Crippen LogP contribution in [0.4, 0.5) is 0 Å². The van der Waals surface area contributed by atoms with E-state index in [1.54, 1.807) is 6.33 Å². The number of hydrogen-bond acceptors (Lipinski definition) is 4. The van der Waals surface area contributed by atoms with Crippen LogP contribution in [-0.2, 0) is 13.0 Å². The molecule has 2 aromatic heterocycles. The van der Waals surface area contributed by atoms with Crippen LogP contribution >= 0.6 is 0 Å². The van der Waals surface area contributed by atoms with Crippen LogP contribution in [0, 0.1) is 5.92 Å². The second kappa shape index (κ2) is 6.13. The van der Waals surface area contributed by atoms with E-state index >= 15 is 0 Å². The third kappa shape index (κ3) is 2.88. The van der Waals surface area contributed by atoms with Gasteiger partial charge in [0.05, 0.1) is 11.4 Å². The van der Waals surface area contributed by atoms with Gasteiger partial charge in [0.2, 0.25) is 0 Å². The number of rotatable bonds is 4. The van der Waals surface area contributed by atoms with E-state index in [0.717, 1.165) is 43.1 Å². The van der Waals surface area contributed by atoms with E-state index in [4.69, 9.17) is 0 Å². The van der Waals surface area contributed by atoms with Gasteiger partial charge in [0, 0.05) is 18.4 Å². The second-order valence-corrected chi connectivity index (χ2v) is 5.34. The average molecular weight is 271 g/mol. The van der Waals surface area contributed by atoms with Crippen molar-refractivity contribution in [3.05, 3.63) is 30.4 Å². The zero-order valence-corrected chi connectivity index (χ0v) is 11.9. The maximum atomic E-state index is 4.43. The second-order valence-electron chi connectivity index (χ2n) is 5.34. The van der Waals surface area contributed by atoms with E-state index in [-0.39, 0.29) is 0 Å². The summed E-state index contributed by atoms with van der Waals surface area (Å²) in [4.78, 5) is 8.83. The lowest BCUT2D eigenvalue weighted by Crippen LogP contribution is -2.31. The Hall–Kier alpha value is -1.75. The Bertz CT molecular complexity index is 557. The Kier molecular flexibility index (Phi) is 4.06. The quantitative estimate of drug-likeness (QED) is 0.923. The minimum absolute atomic E-state index is 0.697. The molecule has 0 saturated carbocycles. The van der Waals surface area contributed by atoms with E-state index in [0.29, 0.717) is 5.92 Å². The standard InChI is InChI=1S/C15H21N5/c1-2-20-15(5-7-19-20)14-9-13(17-11-18-14)8-12-4-3-6-16-10-12/h5,7,9,11-12,16H,2-4,6,8,10H2,1H3/t12-/m1/s1. The summed E-state index contributed by atoms with van der Waals surface area (Å²) in [5.74, 6) is 0.697. The molecule has 5 heteroatoms. The van der Waals surface area contributed by atoms with Gasteiger partial charge in [0.1, 0.15) is 6.33 Å². The summed E-state index contributed by atoms with van der Waals surface area (Å²) in [7, 11) is 0. The van der Waals surface area contributed by atoms with Crippen LogP contribution in [0.2, 0.25) is 0 Å². The largest absolute Gasteiger partial charge is 0.316 e. The maximum Gasteiger partial charge on any atom is 0.116 e. The predicted octanol–water partition coefficient (Wildman–Crippen LogP) is 1.90. The summed E-state index contributed by atoms with van der Waals surface area (Å²) in [6.07, 6.45) is 7.09. The molecule has 0 aliphatic carbocycles. The summed E-state index contributed by atoms with van der Waals surface area (Å²) in [6, 6.07) is 4.12. The molecule has 0 radical (unpaired) electrons. The van der Waals surface area contributed by atoms with Crippen molar-refractivity contribution in [1.29, 1.82) is 0 Å². The monoisotopic (exact) mass is 271 g/mol. The van der Waals surface area contributed by atoms with Gasteiger partial charge in [-0.2, -0.15) is 5.10 Å². The Labute approximate surface area is 119 Å². The van der Waals surface area contributed by atoms with Crippen LogP contribution in [0.5, 0.6) is 0 Å². The van der Waals surface area contributed by atoms with E-state index < -0.39 is 0 Å². The van der Waals surface area contributed by atoms with Gasteiger partial charge in [-0.15, -0.1) is 0 Å². The lowest BCUT2D eigenvalue weighted by Gasteiger charge is -2.22. The highest BCUT2D eigenvalue weighted by Crippen LogP contribution is 2.20. The number of hydrogen-bond donors (Lipinski definition) is 1. The third-order valence-corrected chi connectivity index (χ3v) is 3.90. The molecule has 0 aromatic carbocycles. The zero-order valence-electron chi connectivity index (χ0n) is 11.9. The van der Waals surface area contributed by atoms with E-state index in [1.807, 2.05) is 16.9 Å². The average Bonchev–Trinajstić information content (AvgIpc) is 2.97. The molecule has 0 unspecified atom stereocenters. The van der Waals surface area contributed by atoms with Gasteiger partial charge in [-0.3, -0.25) is 4.68 Å². The van der Waals surface area contributed by atoms with Crippen LogP contribution in [-0.4, -0.2) is 32.8 Å². The molecule has 20 heavy (non-hydrogen) atoms. The third-order valence-electron chi connectivity index (χ3n) is 3.90. The molecule has 1 aliphatic rings. The molecule has 1 atom stereocenters. The minimum atomic E-state index is 0.697. The van der Waals surface area contributed by atoms with E-state index in [1.165, 1.54) is 12.8 Å². The molecule has 3 rings (SSSR count). The summed E-state index contributed by atoms with van der Waals surface area (Å²) in [6.45, 7) is 5.20. The Morgan fingerprint density at radius 2 is 2.35 bits per heavy atom. The lowest BCUT2D eigenvalue weighted by atomic mass is 9.94. The van der Waals surface area contributed by atoms with Crippen molar-refractivity contribution in [3.8, 4) is 11.4 Å². The van der Waals surface area contributed by atoms with Gasteiger partial charge in [-0.1, -0.05) is 0 Å². The number of aryl methyl sites for hydroxylation is 1. The first-order chi connectivity index (χ1) is 9.86. The fourth-order valence-corrected chi connectivity index (χ4v) is 2.85. The first-order valence-electron chi connectivity index (χ1n) is 7.40. The van der Waals surface area contributed by atoms with Crippen molar-refractivity contribution in [2.24, 2.45) is 5.92 Å². The van der Waals surface area contributed by atoms with Gasteiger partial charge < -0.3 is 5.32 Å². The van der Waals surface area contributed by atoms with Gasteiger partial charge in [-0.25, -0.2) is 9.97 Å². The minimum Gasteiger partial charge on any atom is -0.316 e. The topological polar surface area (TPSA) is 55.6 Å². The van der Waals surface area contributed by atoms with Gasteiger partial charge in [0.25, 0.3) is 0 Å². The van der Waals surface area contributed by atoms with Crippen LogP contribution in [0.1, 0.15) is 25.5 Å². The van der Waals surface area contributed by atoms with Crippen molar-refractivity contribution in [2.45, 2.75) is 32.7 Å². The summed E-state index contributed by atoms with van der Waals surface area (Å²) in [5.41, 5.74) is 3.17. The smallest absolute Gasteiger partial charge is 0.116 e. The normalized spacial score (nSPS) is 19.1. The van der Waals surface area contributed by atoms with Crippen LogP contribution < -0.4 is 5.32 Å². The molecule has 5 nitrogen and oxygen atoms in total. The molecule has 0 spiro atoms. The number of nitrogens with zero attached hydrogens (tertiary/aromatic N) is 4. The Morgan fingerprint density at radius 1 is 1.40 bits per heavy atom. The summed E-state index contributed by atoms with van der Waals surface area (Å²) >= 11 is 0. The summed E-state index contributed by atoms with van der Waals surface area (Å²) in [5, 5.41) is 7.76. The highest BCUT2D eigenvalue weighted by molar-refractivity contribution is 5.54. The molecule has 1 N–H and O–H groups in total. The number of piperidine rings is 1. The molecular weight excluding hydrogens is 250 g/mol. The van der Waals surface area contributed by atoms with Crippen molar-refractivity contribution in [3.63, 3.8) is 0 Å². The first-order valence-corrected chi connectivity index (χ1v) is 7.40. The predicted molar refractivity (Wildman–Crippen MR) is 78.2 cm³/mol. The first kappa shape index (κ1) is 13.2. The highest BCUT2D eigenvalue weighted by atomic mass is 15.3. The molecule has 1 saturated heterocycles. The van der Waals surface area contributed by atoms with Gasteiger partial charge in [-0.05, 0) is 57.3 Å². The molecule has 1 aliphatic heterocycles.